The number of hydrogen-bond donors (Lipinski definition) is 2. The highest BCUT2D eigenvalue weighted by molar-refractivity contribution is 6.30. The third kappa shape index (κ3) is 7.76. The Morgan fingerprint density at radius 2 is 1.83 bits per heavy atom. The first-order valence-electron chi connectivity index (χ1n) is 9.67. The predicted molar refractivity (Wildman–Crippen MR) is 117 cm³/mol. The topological polar surface area (TPSA) is 91.2 Å². The van der Waals surface area contributed by atoms with Crippen LogP contribution in [0.5, 0.6) is 0 Å². The van der Waals surface area contributed by atoms with Crippen LogP contribution in [-0.2, 0) is 16.0 Å². The summed E-state index contributed by atoms with van der Waals surface area (Å²) < 4.78 is 5.27. The molecule has 2 rings (SSSR count). The van der Waals surface area contributed by atoms with E-state index < -0.39 is 17.7 Å². The molecule has 2 amide bonds. The Bertz CT molecular complexity index is 915. The number of hydrogen-bond acceptors (Lipinski definition) is 4. The van der Waals surface area contributed by atoms with Crippen molar-refractivity contribution in [1.29, 1.82) is 5.26 Å². The minimum atomic E-state index is -0.824. The zero-order valence-corrected chi connectivity index (χ0v) is 18.1. The number of benzene rings is 2. The molecule has 0 aromatic heterocycles. The summed E-state index contributed by atoms with van der Waals surface area (Å²) >= 11 is 6.06. The zero-order chi connectivity index (χ0) is 22.1. The maximum atomic E-state index is 12.5. The number of alkyl carbamates (subject to hydrolysis) is 1. The lowest BCUT2D eigenvalue weighted by molar-refractivity contribution is -0.123. The quantitative estimate of drug-likeness (QED) is 0.637. The van der Waals surface area contributed by atoms with Crippen LogP contribution in [0.3, 0.4) is 0 Å². The molecule has 0 saturated carbocycles. The lowest BCUT2D eigenvalue weighted by atomic mass is 10.0. The number of ether oxygens (including phenoxy) is 1. The van der Waals surface area contributed by atoms with Crippen LogP contribution in [0.15, 0.2) is 48.5 Å². The fourth-order valence-electron chi connectivity index (χ4n) is 2.76. The van der Waals surface area contributed by atoms with Crippen molar-refractivity contribution in [1.82, 2.24) is 10.6 Å². The van der Waals surface area contributed by atoms with E-state index in [9.17, 15) is 9.59 Å². The summed E-state index contributed by atoms with van der Waals surface area (Å²) in [6, 6.07) is 16.4. The van der Waals surface area contributed by atoms with E-state index in [0.29, 0.717) is 5.02 Å². The van der Waals surface area contributed by atoms with Crippen LogP contribution in [0.4, 0.5) is 4.79 Å². The van der Waals surface area contributed by atoms with Gasteiger partial charge in [0.2, 0.25) is 5.91 Å². The monoisotopic (exact) mass is 427 g/mol. The van der Waals surface area contributed by atoms with Crippen molar-refractivity contribution in [2.24, 2.45) is 0 Å². The van der Waals surface area contributed by atoms with E-state index in [1.807, 2.05) is 54.6 Å². The van der Waals surface area contributed by atoms with E-state index in [-0.39, 0.29) is 25.3 Å². The Labute approximate surface area is 182 Å². The van der Waals surface area contributed by atoms with Gasteiger partial charge in [0, 0.05) is 18.0 Å². The fourth-order valence-corrected chi connectivity index (χ4v) is 2.95. The summed E-state index contributed by atoms with van der Waals surface area (Å²) in [6.45, 7) is 5.48. The highest BCUT2D eigenvalue weighted by atomic mass is 35.5. The number of rotatable bonds is 7. The first-order chi connectivity index (χ1) is 14.2. The molecule has 0 heterocycles. The van der Waals surface area contributed by atoms with Crippen LogP contribution in [0, 0.1) is 11.3 Å². The number of carbonyl (C=O) groups excluding carboxylic acids is 2. The lowest BCUT2D eigenvalue weighted by Crippen LogP contribution is -2.49. The molecule has 0 unspecified atom stereocenters. The van der Waals surface area contributed by atoms with Gasteiger partial charge in [-0.1, -0.05) is 48.0 Å². The van der Waals surface area contributed by atoms with Gasteiger partial charge in [-0.25, -0.2) is 4.79 Å². The van der Waals surface area contributed by atoms with Crippen LogP contribution in [0.1, 0.15) is 32.8 Å². The predicted octanol–water partition coefficient (Wildman–Crippen LogP) is 4.47. The van der Waals surface area contributed by atoms with Gasteiger partial charge in [0.1, 0.15) is 11.6 Å². The third-order valence-corrected chi connectivity index (χ3v) is 4.33. The lowest BCUT2D eigenvalue weighted by Gasteiger charge is -2.23. The molecule has 0 saturated heterocycles. The first-order valence-corrected chi connectivity index (χ1v) is 10.0. The van der Waals surface area contributed by atoms with Gasteiger partial charge >= 0.3 is 6.09 Å². The van der Waals surface area contributed by atoms with E-state index in [0.717, 1.165) is 16.7 Å². The smallest absolute Gasteiger partial charge is 0.408 e. The van der Waals surface area contributed by atoms with Crippen LogP contribution < -0.4 is 10.6 Å². The van der Waals surface area contributed by atoms with Gasteiger partial charge in [0.05, 0.1) is 12.5 Å². The van der Waals surface area contributed by atoms with Gasteiger partial charge in [-0.15, -0.1) is 0 Å². The maximum absolute atomic E-state index is 12.5. The Morgan fingerprint density at radius 1 is 1.13 bits per heavy atom. The van der Waals surface area contributed by atoms with Gasteiger partial charge in [-0.3, -0.25) is 4.79 Å². The summed E-state index contributed by atoms with van der Waals surface area (Å²) in [6.07, 6.45) is -0.189. The van der Waals surface area contributed by atoms with Crippen molar-refractivity contribution in [3.8, 4) is 17.2 Å². The fraction of sp³-hybridized carbons (Fsp3) is 0.348. The summed E-state index contributed by atoms with van der Waals surface area (Å²) in [7, 11) is 0. The molecule has 0 spiro atoms. The molecule has 0 fully saturated rings. The number of nitrogens with one attached hydrogen (secondary N) is 2. The largest absolute Gasteiger partial charge is 0.444 e. The van der Waals surface area contributed by atoms with E-state index in [4.69, 9.17) is 21.6 Å². The van der Waals surface area contributed by atoms with Crippen molar-refractivity contribution in [2.45, 2.75) is 45.3 Å². The molecule has 30 heavy (non-hydrogen) atoms. The van der Waals surface area contributed by atoms with Crippen molar-refractivity contribution < 1.29 is 14.3 Å². The molecule has 2 aromatic rings. The molecular formula is C23H26ClN3O3. The van der Waals surface area contributed by atoms with Crippen LogP contribution >= 0.6 is 11.6 Å². The SMILES string of the molecule is CC(C)(C)OC(=O)N[C@@H](Cc1ccc(-c2cccc(Cl)c2)cc1)C(=O)NCCC#N. The molecular weight excluding hydrogens is 402 g/mol. The summed E-state index contributed by atoms with van der Waals surface area (Å²) in [5, 5.41) is 14.6. The van der Waals surface area contributed by atoms with Gasteiger partial charge in [0.15, 0.2) is 0 Å². The molecule has 2 N–H and O–H groups in total. The maximum Gasteiger partial charge on any atom is 0.408 e. The number of amides is 2. The Morgan fingerprint density at radius 3 is 2.43 bits per heavy atom. The van der Waals surface area contributed by atoms with Gasteiger partial charge in [-0.05, 0) is 49.6 Å². The average Bonchev–Trinajstić information content (AvgIpc) is 2.66. The Balaban J connectivity index is 2.12. The third-order valence-electron chi connectivity index (χ3n) is 4.10. The first kappa shape index (κ1) is 23.2. The standard InChI is InChI=1S/C23H26ClN3O3/c1-23(2,3)30-22(29)27-20(21(28)26-13-5-12-25)14-16-8-10-17(11-9-16)18-6-4-7-19(24)15-18/h4,6-11,15,20H,5,13-14H2,1-3H3,(H,26,28)(H,27,29)/t20-/m0/s1. The molecule has 0 aliphatic rings. The average molecular weight is 428 g/mol. The van der Waals surface area contributed by atoms with Gasteiger partial charge in [0.25, 0.3) is 0 Å². The minimum Gasteiger partial charge on any atom is -0.444 e. The Kier molecular flexibility index (Phi) is 8.25. The van der Waals surface area contributed by atoms with Crippen molar-refractivity contribution in [2.75, 3.05) is 6.54 Å². The number of halogens is 1. The second-order valence-corrected chi connectivity index (χ2v) is 8.25. The normalized spacial score (nSPS) is 11.8. The summed E-state index contributed by atoms with van der Waals surface area (Å²) in [4.78, 5) is 24.7. The van der Waals surface area contributed by atoms with E-state index in [1.54, 1.807) is 20.8 Å². The van der Waals surface area contributed by atoms with Crippen LogP contribution in [-0.4, -0.2) is 30.2 Å². The second kappa shape index (κ2) is 10.7. The van der Waals surface area contributed by atoms with Gasteiger partial charge in [-0.2, -0.15) is 5.26 Å². The molecule has 0 aliphatic heterocycles. The molecule has 0 aliphatic carbocycles. The van der Waals surface area contributed by atoms with E-state index in [2.05, 4.69) is 10.6 Å². The van der Waals surface area contributed by atoms with E-state index in [1.165, 1.54) is 0 Å². The summed E-state index contributed by atoms with van der Waals surface area (Å²) in [5.41, 5.74) is 2.19. The molecule has 7 heteroatoms. The van der Waals surface area contributed by atoms with Crippen molar-refractivity contribution in [3.63, 3.8) is 0 Å². The van der Waals surface area contributed by atoms with Gasteiger partial charge < -0.3 is 15.4 Å². The Hall–Kier alpha value is -3.04. The molecule has 0 bridgehead atoms. The molecule has 0 radical (unpaired) electrons. The second-order valence-electron chi connectivity index (χ2n) is 7.81. The van der Waals surface area contributed by atoms with E-state index >= 15 is 0 Å². The zero-order valence-electron chi connectivity index (χ0n) is 17.4. The highest BCUT2D eigenvalue weighted by Crippen LogP contribution is 2.23. The number of nitrogens with zero attached hydrogens (tertiary/aromatic N) is 1. The highest BCUT2D eigenvalue weighted by Gasteiger charge is 2.24. The number of nitriles is 1. The summed E-state index contributed by atoms with van der Waals surface area (Å²) in [5.74, 6) is -0.366. The molecule has 158 valence electrons. The minimum absolute atomic E-state index is 0.194. The molecule has 2 aromatic carbocycles. The van der Waals surface area contributed by atoms with Crippen LogP contribution in [0.2, 0.25) is 5.02 Å². The van der Waals surface area contributed by atoms with Crippen molar-refractivity contribution >= 4 is 23.6 Å². The molecule has 1 atom stereocenters. The van der Waals surface area contributed by atoms with Crippen molar-refractivity contribution in [3.05, 3.63) is 59.1 Å². The number of carbonyl (C=O) groups is 2. The molecule has 6 nitrogen and oxygen atoms in total. The van der Waals surface area contributed by atoms with Crippen LogP contribution in [0.25, 0.3) is 11.1 Å².